The van der Waals surface area contributed by atoms with Crippen molar-refractivity contribution in [2.24, 2.45) is 0 Å². The molecule has 1 heterocycles. The number of anilines is 1. The highest BCUT2D eigenvalue weighted by Gasteiger charge is 2.32. The summed E-state index contributed by atoms with van der Waals surface area (Å²) in [6, 6.07) is 16.8. The zero-order chi connectivity index (χ0) is 26.2. The normalized spacial score (nSPS) is 11.5. The van der Waals surface area contributed by atoms with Crippen molar-refractivity contribution >= 4 is 56.2 Å². The Labute approximate surface area is 215 Å². The van der Waals surface area contributed by atoms with Crippen LogP contribution in [0.25, 0.3) is 22.2 Å². The molecule has 0 fully saturated rings. The minimum atomic E-state index is -4.62. The van der Waals surface area contributed by atoms with Crippen LogP contribution >= 0.6 is 27.7 Å². The fourth-order valence-corrected chi connectivity index (χ4v) is 4.77. The van der Waals surface area contributed by atoms with Gasteiger partial charge in [0, 0.05) is 26.6 Å². The van der Waals surface area contributed by atoms with Crippen LogP contribution < -0.4 is 10.5 Å². The van der Waals surface area contributed by atoms with Gasteiger partial charge in [-0.15, -0.1) is 0 Å². The third-order valence-electron chi connectivity index (χ3n) is 5.33. The van der Waals surface area contributed by atoms with Crippen LogP contribution in [0.4, 0.5) is 18.9 Å². The molecule has 2 N–H and O–H groups in total. The summed E-state index contributed by atoms with van der Waals surface area (Å²) in [6.45, 7) is 1.55. The summed E-state index contributed by atoms with van der Waals surface area (Å²) in [6.07, 6.45) is 0. The fraction of sp³-hybridized carbons (Fsp3) is 0.0800. The van der Waals surface area contributed by atoms with Gasteiger partial charge in [0.05, 0.1) is 22.2 Å². The van der Waals surface area contributed by atoms with Gasteiger partial charge >= 0.3 is 17.4 Å². The van der Waals surface area contributed by atoms with E-state index in [0.717, 1.165) is 6.07 Å². The van der Waals surface area contributed by atoms with Crippen molar-refractivity contribution in [3.63, 3.8) is 0 Å². The molecule has 0 radical (unpaired) electrons. The molecule has 4 aromatic rings. The minimum Gasteiger partial charge on any atom is -0.618 e. The molecule has 0 atom stereocenters. The lowest BCUT2D eigenvalue weighted by molar-refractivity contribution is -0.565. The van der Waals surface area contributed by atoms with Crippen LogP contribution in [0.5, 0.6) is 0 Å². The molecule has 0 bridgehead atoms. The van der Waals surface area contributed by atoms with E-state index in [2.05, 4.69) is 15.9 Å². The summed E-state index contributed by atoms with van der Waals surface area (Å²) in [5.41, 5.74) is 1.41. The number of benzene rings is 3. The highest BCUT2D eigenvalue weighted by atomic mass is 79.9. The average molecular weight is 577 g/mol. The van der Waals surface area contributed by atoms with Gasteiger partial charge < -0.3 is 15.7 Å². The number of thioether (sulfide) groups is 1. The number of rotatable bonds is 4. The number of aromatic nitrogens is 1. The first-order chi connectivity index (χ1) is 17.0. The predicted molar refractivity (Wildman–Crippen MR) is 133 cm³/mol. The lowest BCUT2D eigenvalue weighted by Gasteiger charge is -2.16. The molecule has 4 rings (SSSR count). The maximum atomic E-state index is 13.3. The molecule has 0 aliphatic carbocycles. The highest BCUT2D eigenvalue weighted by Crippen LogP contribution is 2.40. The summed E-state index contributed by atoms with van der Waals surface area (Å²) < 4.78 is 44.8. The Kier molecular flexibility index (Phi) is 6.96. The van der Waals surface area contributed by atoms with Gasteiger partial charge in [0.1, 0.15) is 0 Å². The van der Waals surface area contributed by atoms with E-state index in [0.29, 0.717) is 14.8 Å². The smallest absolute Gasteiger partial charge is 0.446 e. The highest BCUT2D eigenvalue weighted by molar-refractivity contribution is 9.10. The third-order valence-corrected chi connectivity index (χ3v) is 6.63. The Hall–Kier alpha value is -3.57. The Morgan fingerprint density at radius 1 is 1.03 bits per heavy atom. The molecule has 6 nitrogen and oxygen atoms in total. The van der Waals surface area contributed by atoms with E-state index < -0.39 is 39.8 Å². The second-order valence-corrected chi connectivity index (χ2v) is 9.64. The molecule has 184 valence electrons. The number of fused-ring (bicyclic) bond motifs is 1. The molecule has 0 aliphatic heterocycles. The van der Waals surface area contributed by atoms with Crippen molar-refractivity contribution in [1.29, 1.82) is 0 Å². The molecular weight excluding hydrogens is 561 g/mol. The van der Waals surface area contributed by atoms with Crippen molar-refractivity contribution in [3.05, 3.63) is 93.1 Å². The largest absolute Gasteiger partial charge is 0.618 e. The van der Waals surface area contributed by atoms with Gasteiger partial charge in [-0.1, -0.05) is 40.2 Å². The second kappa shape index (κ2) is 9.82. The van der Waals surface area contributed by atoms with E-state index in [-0.39, 0.29) is 33.3 Å². The van der Waals surface area contributed by atoms with Crippen molar-refractivity contribution in [3.8, 4) is 11.3 Å². The van der Waals surface area contributed by atoms with E-state index in [1.54, 1.807) is 49.4 Å². The molecule has 0 aliphatic rings. The molecule has 0 spiro atoms. The quantitative estimate of drug-likeness (QED) is 0.0753. The van der Waals surface area contributed by atoms with E-state index in [4.69, 9.17) is 10.5 Å². The van der Waals surface area contributed by atoms with Gasteiger partial charge in [-0.3, -0.25) is 0 Å². The minimum absolute atomic E-state index is 0.0370. The van der Waals surface area contributed by atoms with Gasteiger partial charge in [-0.25, -0.2) is 9.59 Å². The SMILES string of the molecule is Cc1c(C(=O)OC(=O)c2cccc(SC(F)(F)F)c2N)c2cc(Br)ccc2[n+]([O-])c1-c1ccccc1. The Morgan fingerprint density at radius 2 is 1.72 bits per heavy atom. The van der Waals surface area contributed by atoms with Crippen LogP contribution in [0.1, 0.15) is 26.3 Å². The molecule has 0 saturated heterocycles. The maximum absolute atomic E-state index is 13.3. The van der Waals surface area contributed by atoms with Gasteiger partial charge in [0.2, 0.25) is 11.2 Å². The van der Waals surface area contributed by atoms with Crippen LogP contribution in [-0.2, 0) is 4.74 Å². The monoisotopic (exact) mass is 576 g/mol. The Balaban J connectivity index is 1.81. The molecule has 0 saturated carbocycles. The molecule has 0 amide bonds. The number of nitrogen functional groups attached to an aromatic ring is 1. The number of alkyl halides is 3. The second-order valence-electron chi connectivity index (χ2n) is 7.61. The van der Waals surface area contributed by atoms with E-state index in [1.165, 1.54) is 18.2 Å². The lowest BCUT2D eigenvalue weighted by atomic mass is 9.97. The summed E-state index contributed by atoms with van der Waals surface area (Å²) in [7, 11) is 0. The average Bonchev–Trinajstić information content (AvgIpc) is 2.80. The van der Waals surface area contributed by atoms with Crippen molar-refractivity contribution < 1.29 is 32.2 Å². The van der Waals surface area contributed by atoms with Crippen molar-refractivity contribution in [2.45, 2.75) is 17.3 Å². The maximum Gasteiger partial charge on any atom is 0.446 e. The molecular formula is C25H16BrF3N2O4S. The standard InChI is InChI=1S/C25H16BrF3N2O4S/c1-13-20(24(33)35-23(32)16-8-5-9-19(21(16)30)36-25(27,28)29)17-12-15(26)10-11-18(17)31(34)22(13)14-6-3-2-4-7-14/h2-12H,30H2,1H3. The Bertz CT molecular complexity index is 1510. The van der Waals surface area contributed by atoms with Gasteiger partial charge in [0.15, 0.2) is 0 Å². The van der Waals surface area contributed by atoms with Crippen molar-refractivity contribution in [1.82, 2.24) is 0 Å². The number of ether oxygens (including phenoxy) is 1. The number of pyridine rings is 1. The van der Waals surface area contributed by atoms with E-state index >= 15 is 0 Å². The van der Waals surface area contributed by atoms with Crippen molar-refractivity contribution in [2.75, 3.05) is 5.73 Å². The molecule has 3 aromatic carbocycles. The molecule has 0 unspecified atom stereocenters. The van der Waals surface area contributed by atoms with E-state index in [1.807, 2.05) is 0 Å². The molecule has 1 aromatic heterocycles. The summed E-state index contributed by atoms with van der Waals surface area (Å²) >= 11 is 2.84. The lowest BCUT2D eigenvalue weighted by Crippen LogP contribution is -2.33. The first kappa shape index (κ1) is 25.5. The van der Waals surface area contributed by atoms with E-state index in [9.17, 15) is 28.0 Å². The first-order valence-corrected chi connectivity index (χ1v) is 11.9. The molecule has 36 heavy (non-hydrogen) atoms. The number of carbonyl (C=O) groups excluding carboxylic acids is 2. The van der Waals surface area contributed by atoms with Gasteiger partial charge in [-0.05, 0) is 55.1 Å². The number of halogens is 4. The number of nitrogens with two attached hydrogens (primary N) is 1. The summed E-state index contributed by atoms with van der Waals surface area (Å²) in [4.78, 5) is 25.7. The topological polar surface area (TPSA) is 96.3 Å². The predicted octanol–water partition coefficient (Wildman–Crippen LogP) is 6.40. The number of carbonyl (C=O) groups is 2. The zero-order valence-electron chi connectivity index (χ0n) is 18.4. The van der Waals surface area contributed by atoms with Crippen LogP contribution in [-0.4, -0.2) is 17.4 Å². The summed E-state index contributed by atoms with van der Waals surface area (Å²) in [5, 5.41) is 13.5. The number of nitrogens with zero attached hydrogens (tertiary/aromatic N) is 1. The van der Waals surface area contributed by atoms with Gasteiger partial charge in [0.25, 0.3) is 0 Å². The first-order valence-electron chi connectivity index (χ1n) is 10.3. The van der Waals surface area contributed by atoms with Crippen LogP contribution in [0, 0.1) is 12.1 Å². The number of para-hydroxylation sites is 1. The number of hydrogen-bond donors (Lipinski definition) is 1. The molecule has 11 heteroatoms. The van der Waals surface area contributed by atoms with Crippen LogP contribution in [0.3, 0.4) is 0 Å². The van der Waals surface area contributed by atoms with Crippen LogP contribution in [0.15, 0.2) is 76.1 Å². The number of esters is 2. The third kappa shape index (κ3) is 5.02. The van der Waals surface area contributed by atoms with Crippen LogP contribution in [0.2, 0.25) is 0 Å². The Morgan fingerprint density at radius 3 is 2.39 bits per heavy atom. The van der Waals surface area contributed by atoms with Gasteiger partial charge in [-0.2, -0.15) is 17.9 Å². The number of hydrogen-bond acceptors (Lipinski definition) is 6. The fourth-order valence-electron chi connectivity index (χ4n) is 3.80. The summed E-state index contributed by atoms with van der Waals surface area (Å²) in [5.74, 6) is -2.29. The zero-order valence-corrected chi connectivity index (χ0v) is 20.8.